The molecule has 0 aliphatic carbocycles. The third-order valence-corrected chi connectivity index (χ3v) is 5.50. The second-order valence-electron chi connectivity index (χ2n) is 5.99. The van der Waals surface area contributed by atoms with Crippen LogP contribution in [0.3, 0.4) is 0 Å². The Morgan fingerprint density at radius 1 is 1.33 bits per heavy atom. The Kier molecular flexibility index (Phi) is 4.66. The Balaban J connectivity index is 1.68. The predicted octanol–water partition coefficient (Wildman–Crippen LogP) is 1.05. The van der Waals surface area contributed by atoms with Crippen molar-refractivity contribution in [3.63, 3.8) is 0 Å². The zero-order valence-corrected chi connectivity index (χ0v) is 14.6. The highest BCUT2D eigenvalue weighted by Gasteiger charge is 2.20. The van der Waals surface area contributed by atoms with Gasteiger partial charge in [-0.15, -0.1) is 11.3 Å². The molecular weight excluding hydrogens is 328 g/mol. The van der Waals surface area contributed by atoms with E-state index in [4.69, 9.17) is 0 Å². The number of hydrogen-bond acceptors (Lipinski definition) is 5. The molecule has 8 heteroatoms. The quantitative estimate of drug-likeness (QED) is 0.895. The van der Waals surface area contributed by atoms with E-state index < -0.39 is 0 Å². The van der Waals surface area contributed by atoms with Gasteiger partial charge in [0.05, 0.1) is 16.6 Å². The number of aryl methyl sites for hydroxylation is 2. The zero-order valence-electron chi connectivity index (χ0n) is 13.8. The van der Waals surface area contributed by atoms with Crippen LogP contribution in [0.25, 0.3) is 10.2 Å². The first-order valence-corrected chi connectivity index (χ1v) is 8.81. The van der Waals surface area contributed by atoms with Crippen LogP contribution in [-0.4, -0.2) is 45.9 Å². The van der Waals surface area contributed by atoms with E-state index in [1.807, 2.05) is 4.90 Å². The molecule has 0 bridgehead atoms. The van der Waals surface area contributed by atoms with Crippen molar-refractivity contribution in [2.24, 2.45) is 7.05 Å². The molecule has 1 aliphatic heterocycles. The summed E-state index contributed by atoms with van der Waals surface area (Å²) < 4.78 is 1.40. The predicted molar refractivity (Wildman–Crippen MR) is 92.4 cm³/mol. The van der Waals surface area contributed by atoms with Crippen molar-refractivity contribution in [2.75, 3.05) is 19.6 Å². The maximum absolute atomic E-state index is 12.4. The Morgan fingerprint density at radius 2 is 2.04 bits per heavy atom. The molecule has 0 radical (unpaired) electrons. The van der Waals surface area contributed by atoms with Gasteiger partial charge in [0, 0.05) is 33.1 Å². The number of rotatable bonds is 4. The molecule has 1 aliphatic rings. The van der Waals surface area contributed by atoms with E-state index in [9.17, 15) is 14.4 Å². The van der Waals surface area contributed by atoms with Gasteiger partial charge < -0.3 is 14.8 Å². The molecule has 7 nitrogen and oxygen atoms in total. The molecule has 0 aromatic carbocycles. The van der Waals surface area contributed by atoms with E-state index in [0.717, 1.165) is 25.9 Å². The first-order chi connectivity index (χ1) is 11.5. The van der Waals surface area contributed by atoms with Crippen LogP contribution in [0.1, 0.15) is 34.5 Å². The summed E-state index contributed by atoms with van der Waals surface area (Å²) in [6, 6.07) is 0. The molecule has 2 aromatic rings. The number of carbonyl (C=O) groups excluding carboxylic acids is 2. The minimum atomic E-state index is -0.258. The number of amides is 2. The zero-order chi connectivity index (χ0) is 17.3. The van der Waals surface area contributed by atoms with Crippen molar-refractivity contribution in [1.82, 2.24) is 19.8 Å². The lowest BCUT2D eigenvalue weighted by atomic mass is 10.2. The SMILES string of the molecule is Cc1c(C(=O)NCCC(=O)N2CCCC2)sc2ncn(C)c(=O)c12. The molecule has 1 fully saturated rings. The topological polar surface area (TPSA) is 84.3 Å². The number of nitrogens with zero attached hydrogens (tertiary/aromatic N) is 3. The molecule has 24 heavy (non-hydrogen) atoms. The number of thiophene rings is 1. The molecule has 3 heterocycles. The summed E-state index contributed by atoms with van der Waals surface area (Å²) in [4.78, 5) is 43.6. The number of hydrogen-bond donors (Lipinski definition) is 1. The van der Waals surface area contributed by atoms with E-state index in [-0.39, 0.29) is 17.4 Å². The van der Waals surface area contributed by atoms with E-state index >= 15 is 0 Å². The van der Waals surface area contributed by atoms with Gasteiger partial charge >= 0.3 is 0 Å². The van der Waals surface area contributed by atoms with Crippen molar-refractivity contribution < 1.29 is 9.59 Å². The molecule has 1 saturated heterocycles. The summed E-state index contributed by atoms with van der Waals surface area (Å²) >= 11 is 1.21. The second kappa shape index (κ2) is 6.72. The van der Waals surface area contributed by atoms with Crippen LogP contribution in [0.5, 0.6) is 0 Å². The number of nitrogens with one attached hydrogen (secondary N) is 1. The third kappa shape index (κ3) is 3.06. The smallest absolute Gasteiger partial charge is 0.262 e. The van der Waals surface area contributed by atoms with E-state index in [0.29, 0.717) is 33.6 Å². The van der Waals surface area contributed by atoms with Gasteiger partial charge in [0.25, 0.3) is 11.5 Å². The van der Waals surface area contributed by atoms with Crippen LogP contribution in [-0.2, 0) is 11.8 Å². The van der Waals surface area contributed by atoms with Gasteiger partial charge in [-0.1, -0.05) is 0 Å². The molecule has 0 unspecified atom stereocenters. The fraction of sp³-hybridized carbons (Fsp3) is 0.500. The molecule has 0 saturated carbocycles. The van der Waals surface area contributed by atoms with E-state index in [2.05, 4.69) is 10.3 Å². The summed E-state index contributed by atoms with van der Waals surface area (Å²) in [5.74, 6) is -0.178. The Hall–Kier alpha value is -2.22. The lowest BCUT2D eigenvalue weighted by Gasteiger charge is -2.15. The Labute approximate surface area is 143 Å². The van der Waals surface area contributed by atoms with Gasteiger partial charge in [0.2, 0.25) is 5.91 Å². The van der Waals surface area contributed by atoms with Crippen LogP contribution in [0.4, 0.5) is 0 Å². The Bertz CT molecular complexity index is 849. The van der Waals surface area contributed by atoms with E-state index in [1.54, 1.807) is 14.0 Å². The highest BCUT2D eigenvalue weighted by molar-refractivity contribution is 7.20. The summed E-state index contributed by atoms with van der Waals surface area (Å²) in [5.41, 5.74) is 0.490. The van der Waals surface area contributed by atoms with Crippen molar-refractivity contribution in [1.29, 1.82) is 0 Å². The summed E-state index contributed by atoms with van der Waals surface area (Å²) in [6.07, 6.45) is 3.87. The van der Waals surface area contributed by atoms with Gasteiger partial charge in [-0.25, -0.2) is 4.98 Å². The van der Waals surface area contributed by atoms with Crippen molar-refractivity contribution in [2.45, 2.75) is 26.2 Å². The van der Waals surface area contributed by atoms with Crippen molar-refractivity contribution in [3.05, 3.63) is 27.1 Å². The summed E-state index contributed by atoms with van der Waals surface area (Å²) in [7, 11) is 1.63. The molecule has 0 spiro atoms. The van der Waals surface area contributed by atoms with Crippen LogP contribution >= 0.6 is 11.3 Å². The van der Waals surface area contributed by atoms with E-state index in [1.165, 1.54) is 22.2 Å². The lowest BCUT2D eigenvalue weighted by Crippen LogP contribution is -2.32. The average molecular weight is 348 g/mol. The Morgan fingerprint density at radius 3 is 2.75 bits per heavy atom. The first kappa shape index (κ1) is 16.6. The number of fused-ring (bicyclic) bond motifs is 1. The molecule has 128 valence electrons. The average Bonchev–Trinajstić information content (AvgIpc) is 3.19. The van der Waals surface area contributed by atoms with Crippen LogP contribution < -0.4 is 10.9 Å². The molecule has 3 rings (SSSR count). The largest absolute Gasteiger partial charge is 0.351 e. The minimum Gasteiger partial charge on any atom is -0.351 e. The standard InChI is InChI=1S/C16H20N4O3S/c1-10-12-15(18-9-19(2)16(12)23)24-13(10)14(22)17-6-5-11(21)20-7-3-4-8-20/h9H,3-8H2,1-2H3,(H,17,22). The molecule has 2 aromatic heterocycles. The normalized spacial score (nSPS) is 14.3. The summed E-state index contributed by atoms with van der Waals surface area (Å²) in [6.45, 7) is 3.69. The second-order valence-corrected chi connectivity index (χ2v) is 6.99. The minimum absolute atomic E-state index is 0.0800. The number of likely N-dealkylation sites (tertiary alicyclic amines) is 1. The maximum atomic E-state index is 12.4. The molecule has 2 amide bonds. The highest BCUT2D eigenvalue weighted by Crippen LogP contribution is 2.26. The van der Waals surface area contributed by atoms with Gasteiger partial charge in [0.15, 0.2) is 0 Å². The van der Waals surface area contributed by atoms with Crippen LogP contribution in [0, 0.1) is 6.92 Å². The third-order valence-electron chi connectivity index (χ3n) is 4.30. The van der Waals surface area contributed by atoms with Crippen molar-refractivity contribution in [3.8, 4) is 0 Å². The monoisotopic (exact) mass is 348 g/mol. The number of aromatic nitrogens is 2. The van der Waals surface area contributed by atoms with Crippen LogP contribution in [0.15, 0.2) is 11.1 Å². The fourth-order valence-corrected chi connectivity index (χ4v) is 3.97. The van der Waals surface area contributed by atoms with Gasteiger partial charge in [0.1, 0.15) is 4.83 Å². The summed E-state index contributed by atoms with van der Waals surface area (Å²) in [5, 5.41) is 3.27. The van der Waals surface area contributed by atoms with Gasteiger partial charge in [-0.05, 0) is 25.3 Å². The first-order valence-electron chi connectivity index (χ1n) is 7.99. The maximum Gasteiger partial charge on any atom is 0.262 e. The lowest BCUT2D eigenvalue weighted by molar-refractivity contribution is -0.129. The molecule has 1 N–H and O–H groups in total. The molecule has 0 atom stereocenters. The highest BCUT2D eigenvalue weighted by atomic mass is 32.1. The van der Waals surface area contributed by atoms with Gasteiger partial charge in [-0.3, -0.25) is 14.4 Å². The van der Waals surface area contributed by atoms with Gasteiger partial charge in [-0.2, -0.15) is 0 Å². The number of carbonyl (C=O) groups is 2. The fourth-order valence-electron chi connectivity index (χ4n) is 2.91. The van der Waals surface area contributed by atoms with Crippen molar-refractivity contribution >= 4 is 33.4 Å². The van der Waals surface area contributed by atoms with Crippen LogP contribution in [0.2, 0.25) is 0 Å². The molecular formula is C16H20N4O3S.